The molecule has 0 radical (unpaired) electrons. The van der Waals surface area contributed by atoms with Crippen LogP contribution in [0.2, 0.25) is 0 Å². The number of carbonyl (C=O) groups excluding carboxylic acids is 2. The highest BCUT2D eigenvalue weighted by atomic mass is 19.1. The Morgan fingerprint density at radius 2 is 1.68 bits per heavy atom. The Labute approximate surface area is 143 Å². The van der Waals surface area contributed by atoms with Crippen molar-refractivity contribution in [2.24, 2.45) is 0 Å². The van der Waals surface area contributed by atoms with Gasteiger partial charge in [-0.25, -0.2) is 13.6 Å². The second kappa shape index (κ2) is 7.29. The number of anilines is 1. The molecule has 1 saturated heterocycles. The fourth-order valence-electron chi connectivity index (χ4n) is 2.69. The predicted octanol–water partition coefficient (Wildman–Crippen LogP) is 2.52. The van der Waals surface area contributed by atoms with E-state index in [1.165, 1.54) is 28.0 Å². The van der Waals surface area contributed by atoms with Gasteiger partial charge in [0.15, 0.2) is 0 Å². The van der Waals surface area contributed by atoms with Crippen LogP contribution < -0.4 is 10.2 Å². The average Bonchev–Trinajstić information content (AvgIpc) is 2.95. The molecule has 25 heavy (non-hydrogen) atoms. The highest BCUT2D eigenvalue weighted by Crippen LogP contribution is 2.23. The molecule has 0 saturated carbocycles. The van der Waals surface area contributed by atoms with Crippen LogP contribution in [0.4, 0.5) is 19.3 Å². The first kappa shape index (κ1) is 16.9. The topological polar surface area (TPSA) is 52.7 Å². The molecule has 2 aromatic rings. The van der Waals surface area contributed by atoms with Crippen molar-refractivity contribution in [3.05, 3.63) is 65.7 Å². The summed E-state index contributed by atoms with van der Waals surface area (Å²) in [4.78, 5) is 27.0. The maximum atomic E-state index is 13.8. The lowest BCUT2D eigenvalue weighted by Crippen LogP contribution is -2.40. The summed E-state index contributed by atoms with van der Waals surface area (Å²) in [6.45, 7) is 0.517. The van der Waals surface area contributed by atoms with Gasteiger partial charge in [-0.15, -0.1) is 0 Å². The first-order valence-corrected chi connectivity index (χ1v) is 7.87. The molecular formula is C18H17F2N3O2. The van der Waals surface area contributed by atoms with E-state index in [2.05, 4.69) is 5.32 Å². The number of urea groups is 1. The summed E-state index contributed by atoms with van der Waals surface area (Å²) in [5.74, 6) is -1.28. The van der Waals surface area contributed by atoms with Crippen LogP contribution in [0.1, 0.15) is 5.56 Å². The van der Waals surface area contributed by atoms with Crippen LogP contribution in [-0.2, 0) is 11.3 Å². The molecule has 7 heteroatoms. The zero-order chi connectivity index (χ0) is 17.8. The highest BCUT2D eigenvalue weighted by Gasteiger charge is 2.32. The molecule has 0 unspecified atom stereocenters. The van der Waals surface area contributed by atoms with E-state index in [-0.39, 0.29) is 18.8 Å². The maximum absolute atomic E-state index is 13.8. The molecule has 3 rings (SSSR count). The van der Waals surface area contributed by atoms with E-state index < -0.39 is 23.6 Å². The molecule has 130 valence electrons. The Balaban J connectivity index is 1.57. The summed E-state index contributed by atoms with van der Waals surface area (Å²) in [6, 6.07) is 11.7. The van der Waals surface area contributed by atoms with Crippen LogP contribution in [0, 0.1) is 11.6 Å². The van der Waals surface area contributed by atoms with Gasteiger partial charge in [-0.2, -0.15) is 0 Å². The van der Waals surface area contributed by atoms with Crippen LogP contribution in [-0.4, -0.2) is 36.5 Å². The molecular weight excluding hydrogens is 328 g/mol. The van der Waals surface area contributed by atoms with Gasteiger partial charge < -0.3 is 10.2 Å². The Bertz CT molecular complexity index is 797. The molecule has 1 heterocycles. The van der Waals surface area contributed by atoms with E-state index in [0.29, 0.717) is 18.7 Å². The molecule has 2 aromatic carbocycles. The van der Waals surface area contributed by atoms with Gasteiger partial charge in [0, 0.05) is 25.2 Å². The molecule has 0 atom stereocenters. The highest BCUT2D eigenvalue weighted by molar-refractivity contribution is 5.96. The number of carbonyl (C=O) groups is 2. The van der Waals surface area contributed by atoms with Crippen molar-refractivity contribution in [3.8, 4) is 0 Å². The van der Waals surface area contributed by atoms with Gasteiger partial charge in [0.05, 0.1) is 5.69 Å². The maximum Gasteiger partial charge on any atom is 0.325 e. The fourth-order valence-corrected chi connectivity index (χ4v) is 2.69. The molecule has 5 nitrogen and oxygen atoms in total. The van der Waals surface area contributed by atoms with Gasteiger partial charge in [-0.3, -0.25) is 9.69 Å². The van der Waals surface area contributed by atoms with Gasteiger partial charge in [-0.05, 0) is 18.2 Å². The average molecular weight is 345 g/mol. The minimum atomic E-state index is -0.485. The van der Waals surface area contributed by atoms with Crippen molar-refractivity contribution in [2.45, 2.75) is 6.54 Å². The molecule has 0 aromatic heterocycles. The normalized spacial score (nSPS) is 14.1. The van der Waals surface area contributed by atoms with Crippen molar-refractivity contribution in [1.82, 2.24) is 10.2 Å². The first-order chi connectivity index (χ1) is 12.1. The summed E-state index contributed by atoms with van der Waals surface area (Å²) in [5.41, 5.74) is 0.568. The van der Waals surface area contributed by atoms with Crippen molar-refractivity contribution >= 4 is 17.6 Å². The number of amides is 3. The molecule has 3 amide bonds. The number of halogens is 2. The van der Waals surface area contributed by atoms with Gasteiger partial charge in [0.25, 0.3) is 0 Å². The number of para-hydroxylation sites is 1. The summed E-state index contributed by atoms with van der Waals surface area (Å²) in [5, 5.41) is 2.59. The summed E-state index contributed by atoms with van der Waals surface area (Å²) >= 11 is 0. The third-order valence-corrected chi connectivity index (χ3v) is 4.01. The number of nitrogens with one attached hydrogen (secondary N) is 1. The Kier molecular flexibility index (Phi) is 4.92. The van der Waals surface area contributed by atoms with Crippen molar-refractivity contribution < 1.29 is 18.4 Å². The SMILES string of the molecule is O=C(CN1CCN(c2ccccc2F)C1=O)NCc1ccccc1F. The van der Waals surface area contributed by atoms with Gasteiger partial charge in [0.2, 0.25) is 5.91 Å². The lowest BCUT2D eigenvalue weighted by Gasteiger charge is -2.18. The van der Waals surface area contributed by atoms with Crippen LogP contribution in [0.3, 0.4) is 0 Å². The van der Waals surface area contributed by atoms with Gasteiger partial charge in [0.1, 0.15) is 18.2 Å². The van der Waals surface area contributed by atoms with Gasteiger partial charge in [-0.1, -0.05) is 30.3 Å². The Morgan fingerprint density at radius 1 is 1.00 bits per heavy atom. The first-order valence-electron chi connectivity index (χ1n) is 7.87. The molecule has 1 aliphatic rings. The molecule has 0 aliphatic carbocycles. The van der Waals surface area contributed by atoms with Crippen LogP contribution in [0.15, 0.2) is 48.5 Å². The lowest BCUT2D eigenvalue weighted by atomic mass is 10.2. The molecule has 1 fully saturated rings. The van der Waals surface area contributed by atoms with E-state index >= 15 is 0 Å². The van der Waals surface area contributed by atoms with Crippen molar-refractivity contribution in [2.75, 3.05) is 24.5 Å². The third kappa shape index (κ3) is 3.76. The summed E-state index contributed by atoms with van der Waals surface area (Å²) in [6.07, 6.45) is 0. The van der Waals surface area contributed by atoms with Crippen molar-refractivity contribution in [3.63, 3.8) is 0 Å². The van der Waals surface area contributed by atoms with E-state index in [1.807, 2.05) is 0 Å². The smallest absolute Gasteiger partial charge is 0.325 e. The van der Waals surface area contributed by atoms with E-state index in [4.69, 9.17) is 0 Å². The molecule has 0 spiro atoms. The number of rotatable bonds is 5. The fraction of sp³-hybridized carbons (Fsp3) is 0.222. The third-order valence-electron chi connectivity index (χ3n) is 4.01. The largest absolute Gasteiger partial charge is 0.350 e. The Morgan fingerprint density at radius 3 is 2.40 bits per heavy atom. The zero-order valence-corrected chi connectivity index (χ0v) is 13.4. The minimum absolute atomic E-state index is 0.0462. The van der Waals surface area contributed by atoms with E-state index in [1.54, 1.807) is 30.3 Å². The lowest BCUT2D eigenvalue weighted by molar-refractivity contribution is -0.121. The number of hydrogen-bond acceptors (Lipinski definition) is 2. The molecule has 1 aliphatic heterocycles. The standard InChI is InChI=1S/C18H17F2N3O2/c19-14-6-2-1-5-13(14)11-21-17(24)12-22-9-10-23(18(22)25)16-8-4-3-7-15(16)20/h1-8H,9-12H2,(H,21,24). The number of hydrogen-bond donors (Lipinski definition) is 1. The number of nitrogens with zero attached hydrogens (tertiary/aromatic N) is 2. The van der Waals surface area contributed by atoms with Crippen LogP contribution in [0.5, 0.6) is 0 Å². The zero-order valence-electron chi connectivity index (χ0n) is 13.4. The molecule has 1 N–H and O–H groups in total. The van der Waals surface area contributed by atoms with Crippen LogP contribution >= 0.6 is 0 Å². The second-order valence-corrected chi connectivity index (χ2v) is 5.68. The summed E-state index contributed by atoms with van der Waals surface area (Å²) in [7, 11) is 0. The van der Waals surface area contributed by atoms with Crippen molar-refractivity contribution in [1.29, 1.82) is 0 Å². The second-order valence-electron chi connectivity index (χ2n) is 5.68. The van der Waals surface area contributed by atoms with Gasteiger partial charge >= 0.3 is 6.03 Å². The predicted molar refractivity (Wildman–Crippen MR) is 89.0 cm³/mol. The molecule has 0 bridgehead atoms. The van der Waals surface area contributed by atoms with Crippen LogP contribution in [0.25, 0.3) is 0 Å². The number of benzene rings is 2. The Hall–Kier alpha value is -2.96. The summed E-state index contributed by atoms with van der Waals surface area (Å²) < 4.78 is 27.3. The van der Waals surface area contributed by atoms with E-state index in [0.717, 1.165) is 0 Å². The monoisotopic (exact) mass is 345 g/mol. The van der Waals surface area contributed by atoms with E-state index in [9.17, 15) is 18.4 Å². The quantitative estimate of drug-likeness (QED) is 0.905. The minimum Gasteiger partial charge on any atom is -0.350 e.